The monoisotopic (exact) mass is 460 g/mol. The van der Waals surface area contributed by atoms with E-state index in [4.69, 9.17) is 16.3 Å². The summed E-state index contributed by atoms with van der Waals surface area (Å²) in [4.78, 5) is 27.2. The highest BCUT2D eigenvalue weighted by molar-refractivity contribution is 6.30. The lowest BCUT2D eigenvalue weighted by Crippen LogP contribution is -2.50. The fourth-order valence-corrected chi connectivity index (χ4v) is 3.74. The van der Waals surface area contributed by atoms with Crippen LogP contribution in [-0.2, 0) is 11.2 Å². The SMILES string of the molecule is CC(C)(C)OC(=O)N1CCN(c2ccc([N+](=O)[O-])c(NCCc3cccc(Cl)c3)c2)CC1. The zero-order chi connectivity index (χ0) is 23.3. The van der Waals surface area contributed by atoms with Crippen LogP contribution in [-0.4, -0.2) is 54.2 Å². The first kappa shape index (κ1) is 23.7. The highest BCUT2D eigenvalue weighted by atomic mass is 35.5. The largest absolute Gasteiger partial charge is 0.444 e. The summed E-state index contributed by atoms with van der Waals surface area (Å²) in [5.74, 6) is 0. The van der Waals surface area contributed by atoms with Crippen molar-refractivity contribution in [1.82, 2.24) is 4.90 Å². The van der Waals surface area contributed by atoms with Gasteiger partial charge in [-0.1, -0.05) is 23.7 Å². The van der Waals surface area contributed by atoms with E-state index < -0.39 is 5.60 Å². The number of nitro groups is 1. The van der Waals surface area contributed by atoms with Crippen LogP contribution in [0.4, 0.5) is 21.9 Å². The third-order valence-corrected chi connectivity index (χ3v) is 5.33. The van der Waals surface area contributed by atoms with Crippen LogP contribution in [0.1, 0.15) is 26.3 Å². The summed E-state index contributed by atoms with van der Waals surface area (Å²) in [7, 11) is 0. The van der Waals surface area contributed by atoms with Crippen molar-refractivity contribution in [2.45, 2.75) is 32.8 Å². The van der Waals surface area contributed by atoms with Crippen LogP contribution >= 0.6 is 11.6 Å². The standard InChI is InChI=1S/C23H29ClN4O4/c1-23(2,3)32-22(29)27-13-11-26(12-14-27)19-7-8-21(28(30)31)20(16-19)25-10-9-17-5-4-6-18(24)15-17/h4-8,15-16,25H,9-14H2,1-3H3. The van der Waals surface area contributed by atoms with Crippen LogP contribution < -0.4 is 10.2 Å². The van der Waals surface area contributed by atoms with E-state index in [1.165, 1.54) is 6.07 Å². The molecule has 8 nitrogen and oxygen atoms in total. The van der Waals surface area contributed by atoms with Crippen molar-refractivity contribution < 1.29 is 14.5 Å². The zero-order valence-corrected chi connectivity index (χ0v) is 19.4. The van der Waals surface area contributed by atoms with Crippen LogP contribution in [0.25, 0.3) is 0 Å². The number of ether oxygens (including phenoxy) is 1. The Hall–Kier alpha value is -3.00. The van der Waals surface area contributed by atoms with Crippen LogP contribution in [0.5, 0.6) is 0 Å². The van der Waals surface area contributed by atoms with Gasteiger partial charge in [-0.3, -0.25) is 10.1 Å². The Bertz CT molecular complexity index is 969. The number of amides is 1. The first-order valence-electron chi connectivity index (χ1n) is 10.6. The fourth-order valence-electron chi connectivity index (χ4n) is 3.53. The summed E-state index contributed by atoms with van der Waals surface area (Å²) in [5.41, 5.74) is 1.92. The van der Waals surface area contributed by atoms with E-state index in [2.05, 4.69) is 10.2 Å². The molecule has 0 radical (unpaired) electrons. The van der Waals surface area contributed by atoms with Gasteiger partial charge >= 0.3 is 6.09 Å². The third-order valence-electron chi connectivity index (χ3n) is 5.09. The molecule has 3 rings (SSSR count). The van der Waals surface area contributed by atoms with E-state index in [-0.39, 0.29) is 16.7 Å². The number of hydrogen-bond acceptors (Lipinski definition) is 6. The molecule has 1 heterocycles. The molecule has 1 fully saturated rings. The van der Waals surface area contributed by atoms with Gasteiger partial charge in [0.15, 0.2) is 0 Å². The summed E-state index contributed by atoms with van der Waals surface area (Å²) in [5, 5.41) is 15.4. The van der Waals surface area contributed by atoms with Crippen molar-refractivity contribution in [3.63, 3.8) is 0 Å². The first-order valence-corrected chi connectivity index (χ1v) is 11.0. The van der Waals surface area contributed by atoms with E-state index in [1.807, 2.05) is 45.0 Å². The molecule has 2 aromatic carbocycles. The van der Waals surface area contributed by atoms with Crippen LogP contribution in [0.15, 0.2) is 42.5 Å². The summed E-state index contributed by atoms with van der Waals surface area (Å²) < 4.78 is 5.44. The minimum atomic E-state index is -0.530. The van der Waals surface area contributed by atoms with E-state index in [0.29, 0.717) is 49.9 Å². The van der Waals surface area contributed by atoms with E-state index in [0.717, 1.165) is 11.3 Å². The molecule has 1 amide bonds. The lowest BCUT2D eigenvalue weighted by atomic mass is 10.1. The van der Waals surface area contributed by atoms with Crippen molar-refractivity contribution in [3.8, 4) is 0 Å². The molecule has 0 saturated carbocycles. The minimum Gasteiger partial charge on any atom is -0.444 e. The molecule has 1 saturated heterocycles. The molecular weight excluding hydrogens is 432 g/mol. The van der Waals surface area contributed by atoms with Gasteiger partial charge in [-0.05, 0) is 57.0 Å². The first-order chi connectivity index (χ1) is 15.1. The number of benzene rings is 2. The van der Waals surface area contributed by atoms with Gasteiger partial charge in [0.2, 0.25) is 0 Å². The molecule has 0 spiro atoms. The average Bonchev–Trinajstić information content (AvgIpc) is 2.72. The molecule has 9 heteroatoms. The molecule has 0 unspecified atom stereocenters. The highest BCUT2D eigenvalue weighted by Crippen LogP contribution is 2.30. The Labute approximate surface area is 193 Å². The van der Waals surface area contributed by atoms with Crippen molar-refractivity contribution >= 4 is 34.8 Å². The second kappa shape index (κ2) is 10.1. The van der Waals surface area contributed by atoms with E-state index in [9.17, 15) is 14.9 Å². The maximum Gasteiger partial charge on any atom is 0.410 e. The van der Waals surface area contributed by atoms with Crippen molar-refractivity contribution in [2.75, 3.05) is 42.9 Å². The van der Waals surface area contributed by atoms with Gasteiger partial charge in [0.05, 0.1) is 4.92 Å². The predicted molar refractivity (Wildman–Crippen MR) is 127 cm³/mol. The Morgan fingerprint density at radius 1 is 1.16 bits per heavy atom. The second-order valence-corrected chi connectivity index (χ2v) is 9.16. The smallest absolute Gasteiger partial charge is 0.410 e. The van der Waals surface area contributed by atoms with Gasteiger partial charge in [0, 0.05) is 49.5 Å². The summed E-state index contributed by atoms with van der Waals surface area (Å²) in [6, 6.07) is 12.6. The van der Waals surface area contributed by atoms with Gasteiger partial charge in [-0.2, -0.15) is 0 Å². The molecule has 0 aromatic heterocycles. The zero-order valence-electron chi connectivity index (χ0n) is 18.6. The molecule has 0 aliphatic carbocycles. The number of halogens is 1. The normalized spacial score (nSPS) is 14.2. The number of carbonyl (C=O) groups is 1. The average molecular weight is 461 g/mol. The topological polar surface area (TPSA) is 88.0 Å². The van der Waals surface area contributed by atoms with Gasteiger partial charge in [0.25, 0.3) is 5.69 Å². The van der Waals surface area contributed by atoms with Crippen molar-refractivity contribution in [1.29, 1.82) is 0 Å². The number of nitrogens with one attached hydrogen (secondary N) is 1. The van der Waals surface area contributed by atoms with Gasteiger partial charge in [-0.25, -0.2) is 4.79 Å². The van der Waals surface area contributed by atoms with Gasteiger partial charge in [0.1, 0.15) is 11.3 Å². The molecule has 1 aliphatic heterocycles. The van der Waals surface area contributed by atoms with Crippen molar-refractivity contribution in [2.24, 2.45) is 0 Å². The number of rotatable bonds is 6. The summed E-state index contributed by atoms with van der Waals surface area (Å²) in [6.45, 7) is 8.39. The van der Waals surface area contributed by atoms with Gasteiger partial charge < -0.3 is 19.9 Å². The Kier molecular flexibility index (Phi) is 7.45. The van der Waals surface area contributed by atoms with Crippen molar-refractivity contribution in [3.05, 3.63) is 63.2 Å². The number of nitro benzene ring substituents is 1. The molecule has 172 valence electrons. The molecule has 2 aromatic rings. The Morgan fingerprint density at radius 2 is 1.88 bits per heavy atom. The molecule has 0 atom stereocenters. The maximum atomic E-state index is 12.3. The number of hydrogen-bond donors (Lipinski definition) is 1. The Balaban J connectivity index is 1.64. The number of piperazine rings is 1. The Morgan fingerprint density at radius 3 is 2.50 bits per heavy atom. The van der Waals surface area contributed by atoms with Crippen LogP contribution in [0.3, 0.4) is 0 Å². The number of nitrogens with zero attached hydrogens (tertiary/aromatic N) is 3. The lowest BCUT2D eigenvalue weighted by Gasteiger charge is -2.36. The van der Waals surface area contributed by atoms with Gasteiger partial charge in [-0.15, -0.1) is 0 Å². The predicted octanol–water partition coefficient (Wildman–Crippen LogP) is 4.96. The lowest BCUT2D eigenvalue weighted by molar-refractivity contribution is -0.383. The van der Waals surface area contributed by atoms with Crippen LogP contribution in [0, 0.1) is 10.1 Å². The molecule has 1 N–H and O–H groups in total. The van der Waals surface area contributed by atoms with E-state index in [1.54, 1.807) is 17.0 Å². The van der Waals surface area contributed by atoms with E-state index >= 15 is 0 Å². The third kappa shape index (κ3) is 6.50. The summed E-state index contributed by atoms with van der Waals surface area (Å²) in [6.07, 6.45) is 0.375. The number of anilines is 2. The highest BCUT2D eigenvalue weighted by Gasteiger charge is 2.26. The molecular formula is C23H29ClN4O4. The van der Waals surface area contributed by atoms with Crippen LogP contribution in [0.2, 0.25) is 5.02 Å². The number of carbonyl (C=O) groups excluding carboxylic acids is 1. The molecule has 32 heavy (non-hydrogen) atoms. The molecule has 0 bridgehead atoms. The second-order valence-electron chi connectivity index (χ2n) is 8.72. The molecule has 1 aliphatic rings. The summed E-state index contributed by atoms with van der Waals surface area (Å²) >= 11 is 6.03. The fraction of sp³-hybridized carbons (Fsp3) is 0.435. The maximum absolute atomic E-state index is 12.3. The quantitative estimate of drug-likeness (QED) is 0.484. The minimum absolute atomic E-state index is 0.0345.